The highest BCUT2D eigenvalue weighted by Gasteiger charge is 2.60. The van der Waals surface area contributed by atoms with Gasteiger partial charge in [-0.3, -0.25) is 24.1 Å². The lowest BCUT2D eigenvalue weighted by Crippen LogP contribution is -2.72. The van der Waals surface area contributed by atoms with Crippen LogP contribution in [0.5, 0.6) is 5.75 Å². The summed E-state index contributed by atoms with van der Waals surface area (Å²) in [4.78, 5) is 50.7. The average Bonchev–Trinajstić information content (AvgIpc) is 3.22. The lowest BCUT2D eigenvalue weighted by Gasteiger charge is -2.46. The number of carbonyl (C=O) groups excluding carboxylic acids is 4. The normalized spacial score (nSPS) is 30.6. The Hall–Kier alpha value is -2.96. The van der Waals surface area contributed by atoms with E-state index in [4.69, 9.17) is 4.74 Å². The van der Waals surface area contributed by atoms with Crippen molar-refractivity contribution in [2.45, 2.75) is 44.7 Å². The number of benzene rings is 1. The molecule has 1 saturated heterocycles. The average molecular weight is 382 g/mol. The number of imide groups is 1. The summed E-state index contributed by atoms with van der Waals surface area (Å²) in [6.45, 7) is 2.64. The van der Waals surface area contributed by atoms with Crippen LogP contribution in [0.3, 0.4) is 0 Å². The fourth-order valence-electron chi connectivity index (χ4n) is 4.71. The fourth-order valence-corrected chi connectivity index (χ4v) is 4.71. The number of allylic oxidation sites excluding steroid dienone is 1. The highest BCUT2D eigenvalue weighted by molar-refractivity contribution is 6.09. The first-order valence-corrected chi connectivity index (χ1v) is 9.42. The number of amides is 3. The summed E-state index contributed by atoms with van der Waals surface area (Å²) in [7, 11) is 0. The monoisotopic (exact) mass is 382 g/mol. The molecule has 4 atom stereocenters. The molecule has 3 aliphatic rings. The van der Waals surface area contributed by atoms with Gasteiger partial charge in [0.1, 0.15) is 17.3 Å². The van der Waals surface area contributed by atoms with Crippen molar-refractivity contribution < 1.29 is 23.9 Å². The lowest BCUT2D eigenvalue weighted by atomic mass is 9.80. The topological polar surface area (TPSA) is 92.8 Å². The van der Waals surface area contributed by atoms with E-state index in [0.29, 0.717) is 12.2 Å². The van der Waals surface area contributed by atoms with Crippen molar-refractivity contribution in [1.29, 1.82) is 0 Å². The SMILES string of the molecule is CC(=O)Oc1ccc(C[C@H]2C(=O)N[C@]3(C[C@H]4C=C[C@@H]3C4)C(=O)N2C(C)=O)cc1. The molecule has 0 aromatic heterocycles. The minimum absolute atomic E-state index is 0.0558. The van der Waals surface area contributed by atoms with Crippen molar-refractivity contribution in [2.75, 3.05) is 0 Å². The van der Waals surface area contributed by atoms with Crippen LogP contribution in [-0.4, -0.2) is 40.2 Å². The minimum Gasteiger partial charge on any atom is -0.427 e. The molecular formula is C21H22N2O5. The maximum atomic E-state index is 13.3. The van der Waals surface area contributed by atoms with Gasteiger partial charge in [-0.1, -0.05) is 24.3 Å². The van der Waals surface area contributed by atoms with Crippen LogP contribution in [-0.2, 0) is 25.6 Å². The van der Waals surface area contributed by atoms with Gasteiger partial charge in [0.25, 0.3) is 5.91 Å². The molecule has 1 aromatic rings. The summed E-state index contributed by atoms with van der Waals surface area (Å²) >= 11 is 0. The number of hydrogen-bond donors (Lipinski definition) is 1. The number of nitrogens with one attached hydrogen (secondary N) is 1. The van der Waals surface area contributed by atoms with Gasteiger partial charge in [0.2, 0.25) is 11.8 Å². The highest BCUT2D eigenvalue weighted by Crippen LogP contribution is 2.48. The number of nitrogens with zero attached hydrogens (tertiary/aromatic N) is 1. The summed E-state index contributed by atoms with van der Waals surface area (Å²) in [5.74, 6) is -0.840. The van der Waals surface area contributed by atoms with Gasteiger partial charge in [0.15, 0.2) is 0 Å². The number of fused-ring (bicyclic) bond motifs is 3. The summed E-state index contributed by atoms with van der Waals surface area (Å²) in [6, 6.07) is 5.80. The molecule has 2 bridgehead atoms. The van der Waals surface area contributed by atoms with E-state index in [-0.39, 0.29) is 30.1 Å². The van der Waals surface area contributed by atoms with Crippen LogP contribution >= 0.6 is 0 Å². The zero-order valence-corrected chi connectivity index (χ0v) is 15.8. The van der Waals surface area contributed by atoms with Gasteiger partial charge in [-0.2, -0.15) is 0 Å². The maximum absolute atomic E-state index is 13.3. The summed E-state index contributed by atoms with van der Waals surface area (Å²) < 4.78 is 5.01. The van der Waals surface area contributed by atoms with Crippen molar-refractivity contribution in [3.63, 3.8) is 0 Å². The zero-order valence-electron chi connectivity index (χ0n) is 15.8. The van der Waals surface area contributed by atoms with Crippen molar-refractivity contribution in [3.05, 3.63) is 42.0 Å². The first kappa shape index (κ1) is 18.4. The Balaban J connectivity index is 1.58. The second-order valence-corrected chi connectivity index (χ2v) is 7.80. The van der Waals surface area contributed by atoms with Gasteiger partial charge in [0.05, 0.1) is 0 Å². The standard InChI is InChI=1S/C21H22N2O5/c1-12(24)23-18(10-14-4-7-17(8-5-14)28-13(2)25)19(26)22-21(20(23)27)11-15-3-6-16(21)9-15/h3-8,15-16,18H,9-11H2,1-2H3,(H,22,26)/t15-,16+,18-,21-/m0/s1. The Bertz CT molecular complexity index is 891. The Morgan fingerprint density at radius 2 is 1.89 bits per heavy atom. The van der Waals surface area contributed by atoms with E-state index in [1.807, 2.05) is 6.08 Å². The second-order valence-electron chi connectivity index (χ2n) is 7.80. The summed E-state index contributed by atoms with van der Waals surface area (Å²) in [5, 5.41) is 2.96. The van der Waals surface area contributed by atoms with E-state index in [2.05, 4.69) is 11.4 Å². The Kier molecular flexibility index (Phi) is 4.33. The van der Waals surface area contributed by atoms with Crippen LogP contribution in [0.25, 0.3) is 0 Å². The molecule has 7 heteroatoms. The van der Waals surface area contributed by atoms with Crippen molar-refractivity contribution in [1.82, 2.24) is 10.2 Å². The highest BCUT2D eigenvalue weighted by atomic mass is 16.5. The number of carbonyl (C=O) groups is 4. The molecule has 28 heavy (non-hydrogen) atoms. The van der Waals surface area contributed by atoms with E-state index < -0.39 is 23.5 Å². The third kappa shape index (κ3) is 2.91. The third-order valence-corrected chi connectivity index (χ3v) is 5.90. The Morgan fingerprint density at radius 3 is 2.43 bits per heavy atom. The maximum Gasteiger partial charge on any atom is 0.308 e. The summed E-state index contributed by atoms with van der Waals surface area (Å²) in [5.41, 5.74) is -0.225. The van der Waals surface area contributed by atoms with Gasteiger partial charge >= 0.3 is 5.97 Å². The van der Waals surface area contributed by atoms with Gasteiger partial charge < -0.3 is 10.1 Å². The predicted molar refractivity (Wildman–Crippen MR) is 99.0 cm³/mol. The van der Waals surface area contributed by atoms with Crippen molar-refractivity contribution in [2.24, 2.45) is 11.8 Å². The number of ether oxygens (including phenoxy) is 1. The van der Waals surface area contributed by atoms with Crippen LogP contribution in [0.1, 0.15) is 32.3 Å². The molecule has 7 nitrogen and oxygen atoms in total. The fraction of sp³-hybridized carbons (Fsp3) is 0.429. The molecule has 1 aliphatic heterocycles. The molecule has 1 heterocycles. The van der Waals surface area contributed by atoms with Crippen LogP contribution < -0.4 is 10.1 Å². The van der Waals surface area contributed by atoms with Gasteiger partial charge in [-0.15, -0.1) is 0 Å². The number of piperazine rings is 1. The molecular weight excluding hydrogens is 360 g/mol. The van der Waals surface area contributed by atoms with E-state index in [0.717, 1.165) is 16.9 Å². The number of rotatable bonds is 3. The first-order valence-electron chi connectivity index (χ1n) is 9.42. The van der Waals surface area contributed by atoms with Gasteiger partial charge in [0, 0.05) is 26.2 Å². The molecule has 1 aromatic carbocycles. The van der Waals surface area contributed by atoms with Crippen molar-refractivity contribution in [3.8, 4) is 5.75 Å². The zero-order chi connectivity index (χ0) is 20.1. The molecule has 0 radical (unpaired) electrons. The largest absolute Gasteiger partial charge is 0.427 e. The van der Waals surface area contributed by atoms with Crippen LogP contribution in [0.15, 0.2) is 36.4 Å². The molecule has 2 fully saturated rings. The molecule has 2 aliphatic carbocycles. The number of esters is 1. The molecule has 4 rings (SSSR count). The molecule has 146 valence electrons. The second kappa shape index (κ2) is 6.58. The van der Waals surface area contributed by atoms with Gasteiger partial charge in [-0.25, -0.2) is 0 Å². The van der Waals surface area contributed by atoms with Gasteiger partial charge in [-0.05, 0) is 36.5 Å². The van der Waals surface area contributed by atoms with Crippen molar-refractivity contribution >= 4 is 23.7 Å². The molecule has 0 unspecified atom stereocenters. The predicted octanol–water partition coefficient (Wildman–Crippen LogP) is 1.36. The molecule has 1 spiro atoms. The van der Waals surface area contributed by atoms with E-state index >= 15 is 0 Å². The first-order chi connectivity index (χ1) is 13.3. The van der Waals surface area contributed by atoms with E-state index in [1.165, 1.54) is 13.8 Å². The van der Waals surface area contributed by atoms with Crippen LogP contribution in [0.4, 0.5) is 0 Å². The molecule has 3 amide bonds. The summed E-state index contributed by atoms with van der Waals surface area (Å²) in [6.07, 6.45) is 5.66. The number of hydrogen-bond acceptors (Lipinski definition) is 5. The van der Waals surface area contributed by atoms with E-state index in [9.17, 15) is 19.2 Å². The quantitative estimate of drug-likeness (QED) is 0.484. The Labute approximate surface area is 162 Å². The lowest BCUT2D eigenvalue weighted by molar-refractivity contribution is -0.163. The van der Waals surface area contributed by atoms with Crippen LogP contribution in [0.2, 0.25) is 0 Å². The Morgan fingerprint density at radius 1 is 1.18 bits per heavy atom. The molecule has 1 saturated carbocycles. The van der Waals surface area contributed by atoms with E-state index in [1.54, 1.807) is 24.3 Å². The molecule has 1 N–H and O–H groups in total. The minimum atomic E-state index is -0.988. The third-order valence-electron chi connectivity index (χ3n) is 5.90. The van der Waals surface area contributed by atoms with Crippen LogP contribution in [0, 0.1) is 11.8 Å². The smallest absolute Gasteiger partial charge is 0.308 e.